The fourth-order valence-electron chi connectivity index (χ4n) is 2.28. The zero-order valence-electron chi connectivity index (χ0n) is 10.4. The minimum atomic E-state index is 0.148. The average Bonchev–Trinajstić information content (AvgIpc) is 2.75. The van der Waals surface area contributed by atoms with Crippen LogP contribution in [0, 0.1) is 5.92 Å². The SMILES string of the molecule is CC(C)NCC1CCOC1c1ccccc1Cl. The molecule has 1 aromatic rings. The van der Waals surface area contributed by atoms with Crippen molar-refractivity contribution in [2.75, 3.05) is 13.2 Å². The van der Waals surface area contributed by atoms with Gasteiger partial charge in [0.25, 0.3) is 0 Å². The summed E-state index contributed by atoms with van der Waals surface area (Å²) in [6.45, 7) is 6.16. The first kappa shape index (κ1) is 12.9. The fraction of sp³-hybridized carbons (Fsp3) is 0.571. The minimum absolute atomic E-state index is 0.148. The van der Waals surface area contributed by atoms with Gasteiger partial charge in [0.05, 0.1) is 6.10 Å². The van der Waals surface area contributed by atoms with Crippen molar-refractivity contribution in [3.05, 3.63) is 34.9 Å². The van der Waals surface area contributed by atoms with E-state index in [0.717, 1.165) is 30.2 Å². The first-order chi connectivity index (χ1) is 8.18. The number of nitrogens with one attached hydrogen (secondary N) is 1. The molecule has 1 aliphatic rings. The average molecular weight is 254 g/mol. The maximum atomic E-state index is 6.23. The Kier molecular flexibility index (Phi) is 4.43. The van der Waals surface area contributed by atoms with Crippen LogP contribution in [0.15, 0.2) is 24.3 Å². The van der Waals surface area contributed by atoms with Crippen LogP contribution in [0.5, 0.6) is 0 Å². The van der Waals surface area contributed by atoms with Crippen molar-refractivity contribution < 1.29 is 4.74 Å². The lowest BCUT2D eigenvalue weighted by Gasteiger charge is -2.21. The maximum absolute atomic E-state index is 6.23. The molecule has 0 amide bonds. The molecule has 0 spiro atoms. The van der Waals surface area contributed by atoms with E-state index in [1.54, 1.807) is 0 Å². The van der Waals surface area contributed by atoms with E-state index in [9.17, 15) is 0 Å². The molecular weight excluding hydrogens is 234 g/mol. The van der Waals surface area contributed by atoms with Crippen LogP contribution in [-0.4, -0.2) is 19.2 Å². The number of hydrogen-bond donors (Lipinski definition) is 1. The van der Waals surface area contributed by atoms with Crippen molar-refractivity contribution in [1.82, 2.24) is 5.32 Å². The van der Waals surface area contributed by atoms with Crippen LogP contribution in [0.25, 0.3) is 0 Å². The summed E-state index contributed by atoms with van der Waals surface area (Å²) in [5.74, 6) is 0.525. The molecule has 2 rings (SSSR count). The lowest BCUT2D eigenvalue weighted by molar-refractivity contribution is 0.0901. The third-order valence-electron chi connectivity index (χ3n) is 3.21. The standard InChI is InChI=1S/C14H20ClNO/c1-10(2)16-9-11-7-8-17-14(11)12-5-3-4-6-13(12)15/h3-6,10-11,14,16H,7-9H2,1-2H3. The summed E-state index contributed by atoms with van der Waals surface area (Å²) in [5.41, 5.74) is 1.13. The molecule has 1 saturated heterocycles. The number of benzene rings is 1. The van der Waals surface area contributed by atoms with Gasteiger partial charge in [-0.3, -0.25) is 0 Å². The van der Waals surface area contributed by atoms with Gasteiger partial charge in [0.2, 0.25) is 0 Å². The van der Waals surface area contributed by atoms with Crippen LogP contribution in [0.1, 0.15) is 31.9 Å². The predicted molar refractivity (Wildman–Crippen MR) is 71.4 cm³/mol. The second kappa shape index (κ2) is 5.85. The zero-order valence-corrected chi connectivity index (χ0v) is 11.2. The fourth-order valence-corrected chi connectivity index (χ4v) is 2.52. The molecule has 17 heavy (non-hydrogen) atoms. The summed E-state index contributed by atoms with van der Waals surface area (Å²) in [7, 11) is 0. The number of hydrogen-bond acceptors (Lipinski definition) is 2. The first-order valence-corrected chi connectivity index (χ1v) is 6.65. The Bertz CT molecular complexity index is 367. The Balaban J connectivity index is 2.07. The number of halogens is 1. The van der Waals surface area contributed by atoms with Gasteiger partial charge in [0.1, 0.15) is 0 Å². The summed E-state index contributed by atoms with van der Waals surface area (Å²) in [5, 5.41) is 4.30. The monoisotopic (exact) mass is 253 g/mol. The Morgan fingerprint density at radius 2 is 2.18 bits per heavy atom. The number of ether oxygens (including phenoxy) is 1. The van der Waals surface area contributed by atoms with Crippen molar-refractivity contribution in [3.8, 4) is 0 Å². The molecule has 2 unspecified atom stereocenters. The molecule has 1 fully saturated rings. The molecule has 2 atom stereocenters. The van der Waals surface area contributed by atoms with E-state index >= 15 is 0 Å². The van der Waals surface area contributed by atoms with Crippen LogP contribution in [0.3, 0.4) is 0 Å². The summed E-state index contributed by atoms with van der Waals surface area (Å²) in [6.07, 6.45) is 1.25. The molecule has 0 saturated carbocycles. The van der Waals surface area contributed by atoms with Gasteiger partial charge in [-0.15, -0.1) is 0 Å². The van der Waals surface area contributed by atoms with Gasteiger partial charge >= 0.3 is 0 Å². The molecule has 1 N–H and O–H groups in total. The van der Waals surface area contributed by atoms with Gasteiger partial charge in [-0.1, -0.05) is 43.6 Å². The number of rotatable bonds is 4. The second-order valence-electron chi connectivity index (χ2n) is 4.92. The van der Waals surface area contributed by atoms with E-state index in [1.165, 1.54) is 0 Å². The summed E-state index contributed by atoms with van der Waals surface area (Å²) < 4.78 is 5.84. The molecule has 1 heterocycles. The first-order valence-electron chi connectivity index (χ1n) is 6.28. The highest BCUT2D eigenvalue weighted by Gasteiger charge is 2.30. The highest BCUT2D eigenvalue weighted by molar-refractivity contribution is 6.31. The maximum Gasteiger partial charge on any atom is 0.0880 e. The predicted octanol–water partition coefficient (Wildman–Crippen LogP) is 3.42. The quantitative estimate of drug-likeness (QED) is 0.888. The molecule has 1 aliphatic heterocycles. The van der Waals surface area contributed by atoms with E-state index in [0.29, 0.717) is 12.0 Å². The minimum Gasteiger partial charge on any atom is -0.373 e. The van der Waals surface area contributed by atoms with Crippen LogP contribution in [0.4, 0.5) is 0 Å². The molecule has 3 heteroatoms. The van der Waals surface area contributed by atoms with Crippen LogP contribution >= 0.6 is 11.6 Å². The Morgan fingerprint density at radius 1 is 1.41 bits per heavy atom. The van der Waals surface area contributed by atoms with Crippen molar-refractivity contribution in [2.45, 2.75) is 32.4 Å². The smallest absolute Gasteiger partial charge is 0.0880 e. The molecule has 2 nitrogen and oxygen atoms in total. The Labute approximate surface area is 108 Å². The Hall–Kier alpha value is -0.570. The van der Waals surface area contributed by atoms with Crippen LogP contribution in [-0.2, 0) is 4.74 Å². The van der Waals surface area contributed by atoms with E-state index < -0.39 is 0 Å². The molecule has 0 bridgehead atoms. The topological polar surface area (TPSA) is 21.3 Å². The van der Waals surface area contributed by atoms with Gasteiger partial charge in [-0.05, 0) is 18.1 Å². The normalized spacial score (nSPS) is 24.5. The van der Waals surface area contributed by atoms with Crippen molar-refractivity contribution >= 4 is 11.6 Å². The van der Waals surface area contributed by atoms with E-state index in [2.05, 4.69) is 25.2 Å². The van der Waals surface area contributed by atoms with E-state index in [1.807, 2.05) is 18.2 Å². The van der Waals surface area contributed by atoms with E-state index in [-0.39, 0.29) is 6.10 Å². The highest BCUT2D eigenvalue weighted by Crippen LogP contribution is 2.37. The largest absolute Gasteiger partial charge is 0.373 e. The Morgan fingerprint density at radius 3 is 2.88 bits per heavy atom. The van der Waals surface area contributed by atoms with Gasteiger partial charge in [0, 0.05) is 30.1 Å². The van der Waals surface area contributed by atoms with Crippen molar-refractivity contribution in [1.29, 1.82) is 0 Å². The molecule has 1 aromatic carbocycles. The van der Waals surface area contributed by atoms with Gasteiger partial charge in [0.15, 0.2) is 0 Å². The lowest BCUT2D eigenvalue weighted by Crippen LogP contribution is -2.30. The van der Waals surface area contributed by atoms with Crippen LogP contribution in [0.2, 0.25) is 5.02 Å². The third-order valence-corrected chi connectivity index (χ3v) is 3.56. The highest BCUT2D eigenvalue weighted by atomic mass is 35.5. The third kappa shape index (κ3) is 3.21. The molecular formula is C14H20ClNO. The van der Waals surface area contributed by atoms with Gasteiger partial charge in [-0.2, -0.15) is 0 Å². The van der Waals surface area contributed by atoms with Gasteiger partial charge in [-0.25, -0.2) is 0 Å². The zero-order chi connectivity index (χ0) is 12.3. The van der Waals surface area contributed by atoms with Crippen LogP contribution < -0.4 is 5.32 Å². The molecule has 0 radical (unpaired) electrons. The molecule has 0 aliphatic carbocycles. The molecule has 94 valence electrons. The summed E-state index contributed by atoms with van der Waals surface area (Å²) >= 11 is 6.23. The van der Waals surface area contributed by atoms with E-state index in [4.69, 9.17) is 16.3 Å². The van der Waals surface area contributed by atoms with Crippen molar-refractivity contribution in [3.63, 3.8) is 0 Å². The van der Waals surface area contributed by atoms with Gasteiger partial charge < -0.3 is 10.1 Å². The summed E-state index contributed by atoms with van der Waals surface area (Å²) in [4.78, 5) is 0. The van der Waals surface area contributed by atoms with Crippen molar-refractivity contribution in [2.24, 2.45) is 5.92 Å². The lowest BCUT2D eigenvalue weighted by atomic mass is 9.95. The second-order valence-corrected chi connectivity index (χ2v) is 5.33. The molecule has 0 aromatic heterocycles. The summed E-state index contributed by atoms with van der Waals surface area (Å²) in [6, 6.07) is 8.51.